The first kappa shape index (κ1) is 21.8. The van der Waals surface area contributed by atoms with Crippen molar-refractivity contribution < 1.29 is 9.21 Å². The molecule has 1 amide bonds. The van der Waals surface area contributed by atoms with Crippen LogP contribution in [0.3, 0.4) is 0 Å². The minimum Gasteiger partial charge on any atom is -0.454 e. The van der Waals surface area contributed by atoms with E-state index in [-0.39, 0.29) is 29.7 Å². The Morgan fingerprint density at radius 2 is 2.00 bits per heavy atom. The van der Waals surface area contributed by atoms with Gasteiger partial charge in [0.25, 0.3) is 5.91 Å². The lowest BCUT2D eigenvalue weighted by atomic mass is 10.2. The number of piperazine rings is 1. The second kappa shape index (κ2) is 10.6. The number of rotatable bonds is 6. The van der Waals surface area contributed by atoms with Crippen molar-refractivity contribution in [2.75, 3.05) is 39.3 Å². The summed E-state index contributed by atoms with van der Waals surface area (Å²) in [6.45, 7) is 12.9. The number of hydrogen-bond acceptors (Lipinski definition) is 4. The molecule has 25 heavy (non-hydrogen) atoms. The van der Waals surface area contributed by atoms with Crippen LogP contribution in [0, 0.1) is 5.92 Å². The van der Waals surface area contributed by atoms with Crippen molar-refractivity contribution in [2.24, 2.45) is 16.6 Å². The Morgan fingerprint density at radius 1 is 1.32 bits per heavy atom. The number of nitrogens with zero attached hydrogens (tertiary/aromatic N) is 3. The van der Waals surface area contributed by atoms with Gasteiger partial charge in [0.05, 0.1) is 0 Å². The summed E-state index contributed by atoms with van der Waals surface area (Å²) in [6.07, 6.45) is 0. The molecule has 1 aliphatic heterocycles. The molecule has 1 aliphatic rings. The monoisotopic (exact) mass is 463 g/mol. The van der Waals surface area contributed by atoms with Gasteiger partial charge in [0.2, 0.25) is 0 Å². The molecule has 0 aliphatic carbocycles. The SMILES string of the molecule is CCNC(=NCc1ccc(C(N)=O)o1)N1CCN(CC(C)C)CC1.I. The fourth-order valence-corrected chi connectivity index (χ4v) is 2.83. The predicted molar refractivity (Wildman–Crippen MR) is 110 cm³/mol. The van der Waals surface area contributed by atoms with Gasteiger partial charge < -0.3 is 20.4 Å². The molecule has 7 nitrogen and oxygen atoms in total. The van der Waals surface area contributed by atoms with Crippen LogP contribution in [0.25, 0.3) is 0 Å². The van der Waals surface area contributed by atoms with E-state index in [9.17, 15) is 4.79 Å². The van der Waals surface area contributed by atoms with Crippen LogP contribution in [0.2, 0.25) is 0 Å². The molecular weight excluding hydrogens is 433 g/mol. The average Bonchev–Trinajstić information content (AvgIpc) is 3.01. The Bertz CT molecular complexity index is 565. The first-order chi connectivity index (χ1) is 11.5. The Balaban J connectivity index is 0.00000312. The highest BCUT2D eigenvalue weighted by atomic mass is 127. The van der Waals surface area contributed by atoms with Crippen LogP contribution < -0.4 is 11.1 Å². The van der Waals surface area contributed by atoms with E-state index in [2.05, 4.69) is 40.9 Å². The molecule has 0 bridgehead atoms. The van der Waals surface area contributed by atoms with E-state index in [0.717, 1.165) is 45.2 Å². The second-order valence-corrected chi connectivity index (χ2v) is 6.48. The maximum Gasteiger partial charge on any atom is 0.284 e. The Labute approximate surface area is 167 Å². The highest BCUT2D eigenvalue weighted by Gasteiger charge is 2.20. The maximum atomic E-state index is 11.1. The number of furan rings is 1. The molecule has 8 heteroatoms. The molecule has 1 fully saturated rings. The number of nitrogens with two attached hydrogens (primary N) is 1. The molecule has 0 spiro atoms. The molecule has 0 atom stereocenters. The fourth-order valence-electron chi connectivity index (χ4n) is 2.83. The standard InChI is InChI=1S/C17H29N5O2.HI/c1-4-19-17(20-11-14-5-6-15(24-14)16(18)23)22-9-7-21(8-10-22)12-13(2)3;/h5-6,13H,4,7-12H2,1-3H3,(H2,18,23)(H,19,20);1H. The molecule has 2 heterocycles. The summed E-state index contributed by atoms with van der Waals surface area (Å²) in [4.78, 5) is 20.5. The number of aliphatic imine (C=N–C) groups is 1. The van der Waals surface area contributed by atoms with Gasteiger partial charge in [-0.05, 0) is 25.0 Å². The largest absolute Gasteiger partial charge is 0.454 e. The first-order valence-electron chi connectivity index (χ1n) is 8.63. The van der Waals surface area contributed by atoms with Gasteiger partial charge in [-0.15, -0.1) is 24.0 Å². The number of primary amides is 1. The van der Waals surface area contributed by atoms with Crippen LogP contribution in [0.4, 0.5) is 0 Å². The van der Waals surface area contributed by atoms with Gasteiger partial charge in [-0.1, -0.05) is 13.8 Å². The number of amides is 1. The minimum atomic E-state index is -0.557. The Hall–Kier alpha value is -1.29. The third kappa shape index (κ3) is 6.85. The van der Waals surface area contributed by atoms with Crippen molar-refractivity contribution in [1.29, 1.82) is 0 Å². The normalized spacial score (nSPS) is 16.0. The zero-order chi connectivity index (χ0) is 17.5. The lowest BCUT2D eigenvalue weighted by molar-refractivity contribution is 0.0972. The van der Waals surface area contributed by atoms with Crippen LogP contribution in [0.15, 0.2) is 21.5 Å². The molecule has 142 valence electrons. The highest BCUT2D eigenvalue weighted by Crippen LogP contribution is 2.10. The van der Waals surface area contributed by atoms with Gasteiger partial charge in [-0.2, -0.15) is 0 Å². The molecule has 0 radical (unpaired) electrons. The quantitative estimate of drug-likeness (QED) is 0.381. The first-order valence-corrected chi connectivity index (χ1v) is 8.63. The number of carbonyl (C=O) groups excluding carboxylic acids is 1. The molecule has 3 N–H and O–H groups in total. The van der Waals surface area contributed by atoms with E-state index in [0.29, 0.717) is 18.2 Å². The summed E-state index contributed by atoms with van der Waals surface area (Å²) in [7, 11) is 0. The number of hydrogen-bond donors (Lipinski definition) is 2. The number of carbonyl (C=O) groups is 1. The molecule has 0 saturated carbocycles. The highest BCUT2D eigenvalue weighted by molar-refractivity contribution is 14.0. The predicted octanol–water partition coefficient (Wildman–Crippen LogP) is 1.74. The number of halogens is 1. The van der Waals surface area contributed by atoms with Crippen molar-refractivity contribution in [3.63, 3.8) is 0 Å². The third-order valence-corrected chi connectivity index (χ3v) is 3.92. The zero-order valence-corrected chi connectivity index (χ0v) is 17.7. The maximum absolute atomic E-state index is 11.1. The van der Waals surface area contributed by atoms with Crippen molar-refractivity contribution >= 4 is 35.8 Å². The summed E-state index contributed by atoms with van der Waals surface area (Å²) < 4.78 is 5.39. The van der Waals surface area contributed by atoms with Crippen LogP contribution >= 0.6 is 24.0 Å². The average molecular weight is 463 g/mol. The molecule has 1 saturated heterocycles. The van der Waals surface area contributed by atoms with Gasteiger partial charge in [0.15, 0.2) is 11.7 Å². The molecule has 2 rings (SSSR count). The van der Waals surface area contributed by atoms with Crippen molar-refractivity contribution in [2.45, 2.75) is 27.3 Å². The summed E-state index contributed by atoms with van der Waals surface area (Å²) in [5.41, 5.74) is 5.20. The molecule has 0 unspecified atom stereocenters. The lowest BCUT2D eigenvalue weighted by Crippen LogP contribution is -2.53. The van der Waals surface area contributed by atoms with Crippen molar-refractivity contribution in [3.05, 3.63) is 23.7 Å². The molecular formula is C17H30IN5O2. The second-order valence-electron chi connectivity index (χ2n) is 6.48. The summed E-state index contributed by atoms with van der Waals surface area (Å²) in [5.74, 6) is 1.83. The van der Waals surface area contributed by atoms with E-state index < -0.39 is 5.91 Å². The van der Waals surface area contributed by atoms with Crippen LogP contribution in [0.5, 0.6) is 0 Å². The van der Waals surface area contributed by atoms with Crippen molar-refractivity contribution in [1.82, 2.24) is 15.1 Å². The van der Waals surface area contributed by atoms with Gasteiger partial charge in [0.1, 0.15) is 12.3 Å². The van der Waals surface area contributed by atoms with E-state index >= 15 is 0 Å². The van der Waals surface area contributed by atoms with E-state index in [1.807, 2.05) is 0 Å². The smallest absolute Gasteiger partial charge is 0.284 e. The van der Waals surface area contributed by atoms with Crippen molar-refractivity contribution in [3.8, 4) is 0 Å². The molecule has 1 aromatic rings. The molecule has 1 aromatic heterocycles. The van der Waals surface area contributed by atoms with Crippen LogP contribution in [-0.2, 0) is 6.54 Å². The fraction of sp³-hybridized carbons (Fsp3) is 0.647. The number of guanidine groups is 1. The Morgan fingerprint density at radius 3 is 2.52 bits per heavy atom. The summed E-state index contributed by atoms with van der Waals surface area (Å²) >= 11 is 0. The van der Waals surface area contributed by atoms with Gasteiger partial charge in [0, 0.05) is 39.3 Å². The molecule has 0 aromatic carbocycles. The van der Waals surface area contributed by atoms with E-state index in [1.165, 1.54) is 0 Å². The van der Waals surface area contributed by atoms with E-state index in [1.54, 1.807) is 12.1 Å². The van der Waals surface area contributed by atoms with Gasteiger partial charge >= 0.3 is 0 Å². The lowest BCUT2D eigenvalue weighted by Gasteiger charge is -2.37. The minimum absolute atomic E-state index is 0. The Kier molecular flexibility index (Phi) is 9.26. The summed E-state index contributed by atoms with van der Waals surface area (Å²) in [5, 5.41) is 3.33. The zero-order valence-electron chi connectivity index (χ0n) is 15.3. The topological polar surface area (TPSA) is 87.1 Å². The third-order valence-electron chi connectivity index (χ3n) is 3.92. The van der Waals surface area contributed by atoms with E-state index in [4.69, 9.17) is 10.2 Å². The van der Waals surface area contributed by atoms with Gasteiger partial charge in [-0.3, -0.25) is 9.69 Å². The van der Waals surface area contributed by atoms with Crippen LogP contribution in [0.1, 0.15) is 37.1 Å². The van der Waals surface area contributed by atoms with Gasteiger partial charge in [-0.25, -0.2) is 4.99 Å². The van der Waals surface area contributed by atoms with Crippen LogP contribution in [-0.4, -0.2) is 60.9 Å². The number of nitrogens with one attached hydrogen (secondary N) is 1. The summed E-state index contributed by atoms with van der Waals surface area (Å²) in [6, 6.07) is 3.33.